The van der Waals surface area contributed by atoms with Gasteiger partial charge in [0.05, 0.1) is 30.0 Å². The van der Waals surface area contributed by atoms with Crippen LogP contribution in [-0.2, 0) is 4.74 Å². The summed E-state index contributed by atoms with van der Waals surface area (Å²) in [7, 11) is 1.37. The second kappa shape index (κ2) is 3.14. The average Bonchev–Trinajstić information content (AvgIpc) is 2.62. The molecule has 0 spiro atoms. The van der Waals surface area contributed by atoms with Gasteiger partial charge in [-0.15, -0.1) is 0 Å². The molecule has 0 amide bonds. The molecule has 0 aliphatic carbocycles. The lowest BCUT2D eigenvalue weighted by Crippen LogP contribution is -2.03. The number of carbonyl (C=O) groups is 1. The third kappa shape index (κ3) is 1.25. The molecule has 1 N–H and O–H groups in total. The van der Waals surface area contributed by atoms with Crippen molar-refractivity contribution in [2.45, 2.75) is 6.92 Å². The number of ether oxygens (including phenoxy) is 1. The largest absolute Gasteiger partial charge is 0.465 e. The van der Waals surface area contributed by atoms with Crippen LogP contribution in [0.4, 0.5) is 0 Å². The number of aromatic nitrogens is 2. The zero-order valence-corrected chi connectivity index (χ0v) is 8.00. The summed E-state index contributed by atoms with van der Waals surface area (Å²) in [4.78, 5) is 18.4. The number of esters is 1. The third-order valence-corrected chi connectivity index (χ3v) is 2.17. The van der Waals surface area contributed by atoms with Crippen LogP contribution in [-0.4, -0.2) is 23.0 Å². The van der Waals surface area contributed by atoms with E-state index in [4.69, 9.17) is 0 Å². The molecule has 0 saturated carbocycles. The quantitative estimate of drug-likeness (QED) is 0.696. The van der Waals surface area contributed by atoms with Gasteiger partial charge in [-0.1, -0.05) is 0 Å². The molecule has 4 nitrogen and oxygen atoms in total. The van der Waals surface area contributed by atoms with Crippen molar-refractivity contribution in [2.24, 2.45) is 0 Å². The van der Waals surface area contributed by atoms with E-state index in [1.54, 1.807) is 12.4 Å². The molecule has 2 rings (SSSR count). The summed E-state index contributed by atoms with van der Waals surface area (Å²) >= 11 is 0. The fourth-order valence-electron chi connectivity index (χ4n) is 1.42. The van der Waals surface area contributed by atoms with Crippen LogP contribution in [0.3, 0.4) is 0 Å². The number of rotatable bonds is 1. The molecule has 72 valence electrons. The van der Waals surface area contributed by atoms with Crippen molar-refractivity contribution in [3.63, 3.8) is 0 Å². The Morgan fingerprint density at radius 3 is 3.00 bits per heavy atom. The van der Waals surface area contributed by atoms with Gasteiger partial charge in [0.1, 0.15) is 0 Å². The first-order valence-corrected chi connectivity index (χ1v) is 4.24. The maximum absolute atomic E-state index is 11.3. The zero-order chi connectivity index (χ0) is 10.1. The van der Waals surface area contributed by atoms with Crippen LogP contribution in [0.5, 0.6) is 0 Å². The van der Waals surface area contributed by atoms with E-state index in [1.807, 2.05) is 13.0 Å². The minimum absolute atomic E-state index is 0.326. The number of hydrogen-bond acceptors (Lipinski definition) is 3. The Kier molecular flexibility index (Phi) is 1.96. The minimum Gasteiger partial charge on any atom is -0.465 e. The van der Waals surface area contributed by atoms with E-state index in [0.29, 0.717) is 5.56 Å². The molecular weight excluding hydrogens is 180 g/mol. The monoisotopic (exact) mass is 190 g/mol. The molecule has 0 bridgehead atoms. The Morgan fingerprint density at radius 1 is 1.50 bits per heavy atom. The number of imidazole rings is 1. The van der Waals surface area contributed by atoms with E-state index in [0.717, 1.165) is 16.6 Å². The van der Waals surface area contributed by atoms with Crippen LogP contribution in [0.2, 0.25) is 0 Å². The first-order valence-electron chi connectivity index (χ1n) is 4.24. The number of fused-ring (bicyclic) bond motifs is 1. The molecule has 4 heteroatoms. The summed E-state index contributed by atoms with van der Waals surface area (Å²) in [5.74, 6) is -0.326. The van der Waals surface area contributed by atoms with Crippen molar-refractivity contribution in [3.8, 4) is 0 Å². The smallest absolute Gasteiger partial charge is 0.338 e. The van der Waals surface area contributed by atoms with E-state index in [9.17, 15) is 4.79 Å². The van der Waals surface area contributed by atoms with Gasteiger partial charge in [0.25, 0.3) is 0 Å². The summed E-state index contributed by atoms with van der Waals surface area (Å²) in [6.45, 7) is 1.87. The number of carbonyl (C=O) groups excluding carboxylic acids is 1. The molecule has 0 aliphatic rings. The lowest BCUT2D eigenvalue weighted by molar-refractivity contribution is 0.0600. The van der Waals surface area contributed by atoms with Gasteiger partial charge in [-0.25, -0.2) is 9.78 Å². The Balaban J connectivity index is 2.64. The van der Waals surface area contributed by atoms with Crippen molar-refractivity contribution < 1.29 is 9.53 Å². The zero-order valence-electron chi connectivity index (χ0n) is 8.00. The SMILES string of the molecule is COC(=O)c1cc2nc[nH]c2cc1C. The second-order valence-corrected chi connectivity index (χ2v) is 3.08. The van der Waals surface area contributed by atoms with Crippen molar-refractivity contribution in [1.82, 2.24) is 9.97 Å². The van der Waals surface area contributed by atoms with E-state index >= 15 is 0 Å². The normalized spacial score (nSPS) is 10.4. The van der Waals surface area contributed by atoms with Gasteiger partial charge >= 0.3 is 5.97 Å². The number of H-pyrrole nitrogens is 1. The Hall–Kier alpha value is -1.84. The Morgan fingerprint density at radius 2 is 2.29 bits per heavy atom. The second-order valence-electron chi connectivity index (χ2n) is 3.08. The summed E-state index contributed by atoms with van der Waals surface area (Å²) in [6, 6.07) is 3.61. The molecule has 0 fully saturated rings. The van der Waals surface area contributed by atoms with Crippen molar-refractivity contribution in [3.05, 3.63) is 29.6 Å². The maximum atomic E-state index is 11.3. The number of aromatic amines is 1. The Bertz CT molecular complexity index is 488. The van der Waals surface area contributed by atoms with Crippen LogP contribution >= 0.6 is 0 Å². The summed E-state index contributed by atoms with van der Waals surface area (Å²) in [6.07, 6.45) is 1.60. The Labute approximate surface area is 80.9 Å². The summed E-state index contributed by atoms with van der Waals surface area (Å²) < 4.78 is 4.67. The number of benzene rings is 1. The first-order chi connectivity index (χ1) is 6.72. The third-order valence-electron chi connectivity index (χ3n) is 2.17. The highest BCUT2D eigenvalue weighted by Gasteiger charge is 2.10. The number of nitrogens with zero attached hydrogens (tertiary/aromatic N) is 1. The topological polar surface area (TPSA) is 55.0 Å². The van der Waals surface area contributed by atoms with Gasteiger partial charge in [-0.3, -0.25) is 0 Å². The van der Waals surface area contributed by atoms with Crippen LogP contribution in [0.1, 0.15) is 15.9 Å². The van der Waals surface area contributed by atoms with Gasteiger partial charge in [0.2, 0.25) is 0 Å². The van der Waals surface area contributed by atoms with Crippen LogP contribution in [0.25, 0.3) is 11.0 Å². The standard InChI is InChI=1S/C10H10N2O2/c1-6-3-8-9(12-5-11-8)4-7(6)10(13)14-2/h3-5H,1-2H3,(H,11,12). The van der Waals surface area contributed by atoms with Crippen LogP contribution in [0.15, 0.2) is 18.5 Å². The average molecular weight is 190 g/mol. The van der Waals surface area contributed by atoms with Gasteiger partial charge < -0.3 is 9.72 Å². The highest BCUT2D eigenvalue weighted by Crippen LogP contribution is 2.17. The van der Waals surface area contributed by atoms with Gasteiger partial charge in [-0.05, 0) is 24.6 Å². The molecule has 1 heterocycles. The number of methoxy groups -OCH3 is 1. The van der Waals surface area contributed by atoms with E-state index in [2.05, 4.69) is 14.7 Å². The highest BCUT2D eigenvalue weighted by atomic mass is 16.5. The van der Waals surface area contributed by atoms with Gasteiger partial charge in [-0.2, -0.15) is 0 Å². The lowest BCUT2D eigenvalue weighted by atomic mass is 10.1. The van der Waals surface area contributed by atoms with Crippen molar-refractivity contribution in [1.29, 1.82) is 0 Å². The van der Waals surface area contributed by atoms with Crippen molar-refractivity contribution in [2.75, 3.05) is 7.11 Å². The first kappa shape index (κ1) is 8.74. The molecule has 14 heavy (non-hydrogen) atoms. The summed E-state index contributed by atoms with van der Waals surface area (Å²) in [5, 5.41) is 0. The molecule has 1 aromatic carbocycles. The maximum Gasteiger partial charge on any atom is 0.338 e. The molecule has 0 atom stereocenters. The van der Waals surface area contributed by atoms with Crippen molar-refractivity contribution >= 4 is 17.0 Å². The number of aryl methyl sites for hydroxylation is 1. The fraction of sp³-hybridized carbons (Fsp3) is 0.200. The number of nitrogens with one attached hydrogen (secondary N) is 1. The molecule has 1 aromatic heterocycles. The van der Waals surface area contributed by atoms with Crippen LogP contribution in [0, 0.1) is 6.92 Å². The van der Waals surface area contributed by atoms with Gasteiger partial charge in [0.15, 0.2) is 0 Å². The predicted molar refractivity (Wildman–Crippen MR) is 52.2 cm³/mol. The predicted octanol–water partition coefficient (Wildman–Crippen LogP) is 1.66. The summed E-state index contributed by atoms with van der Waals surface area (Å²) in [5.41, 5.74) is 3.15. The van der Waals surface area contributed by atoms with Gasteiger partial charge in [0, 0.05) is 0 Å². The lowest BCUT2D eigenvalue weighted by Gasteiger charge is -2.02. The van der Waals surface area contributed by atoms with E-state index < -0.39 is 0 Å². The molecule has 0 unspecified atom stereocenters. The highest BCUT2D eigenvalue weighted by molar-refractivity contribution is 5.95. The van der Waals surface area contributed by atoms with Crippen LogP contribution < -0.4 is 0 Å². The minimum atomic E-state index is -0.326. The fourth-order valence-corrected chi connectivity index (χ4v) is 1.42. The van der Waals surface area contributed by atoms with E-state index in [-0.39, 0.29) is 5.97 Å². The molecular formula is C10H10N2O2. The molecule has 0 radical (unpaired) electrons. The van der Waals surface area contributed by atoms with E-state index in [1.165, 1.54) is 7.11 Å². The molecule has 2 aromatic rings. The number of hydrogen-bond donors (Lipinski definition) is 1. The molecule has 0 aliphatic heterocycles. The molecule has 0 saturated heterocycles.